The molecule has 0 bridgehead atoms. The van der Waals surface area contributed by atoms with Crippen LogP contribution in [-0.4, -0.2) is 47.1 Å². The van der Waals surface area contributed by atoms with Crippen LogP contribution in [0.5, 0.6) is 0 Å². The number of aliphatic carboxylic acids is 1. The van der Waals surface area contributed by atoms with Crippen molar-refractivity contribution in [3.8, 4) is 0 Å². The van der Waals surface area contributed by atoms with Crippen LogP contribution < -0.4 is 5.32 Å². The van der Waals surface area contributed by atoms with Crippen molar-refractivity contribution in [3.63, 3.8) is 0 Å². The summed E-state index contributed by atoms with van der Waals surface area (Å²) in [5, 5.41) is 12.0. The lowest BCUT2D eigenvalue weighted by molar-refractivity contribution is -0.154. The third kappa shape index (κ3) is 2.52. The molecule has 0 spiro atoms. The standard InChI is InChI=1S/C11H20N2O3/c1-11(2,12-3)10(16)13-7-5-4-6-8(13)9(14)15/h8,12H,4-7H2,1-3H3,(H,14,15). The molecule has 0 saturated carbocycles. The van der Waals surface area contributed by atoms with Crippen molar-refractivity contribution in [2.75, 3.05) is 13.6 Å². The molecule has 1 saturated heterocycles. The first-order valence-electron chi connectivity index (χ1n) is 5.63. The van der Waals surface area contributed by atoms with Crippen molar-refractivity contribution >= 4 is 11.9 Å². The van der Waals surface area contributed by atoms with Gasteiger partial charge >= 0.3 is 5.97 Å². The van der Waals surface area contributed by atoms with Gasteiger partial charge in [-0.1, -0.05) is 0 Å². The van der Waals surface area contributed by atoms with E-state index in [4.69, 9.17) is 5.11 Å². The summed E-state index contributed by atoms with van der Waals surface area (Å²) in [6.45, 7) is 4.08. The summed E-state index contributed by atoms with van der Waals surface area (Å²) in [5.41, 5.74) is -0.703. The highest BCUT2D eigenvalue weighted by Gasteiger charge is 2.38. The van der Waals surface area contributed by atoms with Gasteiger partial charge in [0.2, 0.25) is 5.91 Å². The van der Waals surface area contributed by atoms with E-state index in [1.807, 2.05) is 0 Å². The number of nitrogens with one attached hydrogen (secondary N) is 1. The highest BCUT2D eigenvalue weighted by atomic mass is 16.4. The zero-order valence-corrected chi connectivity index (χ0v) is 10.1. The van der Waals surface area contributed by atoms with Crippen LogP contribution in [0, 0.1) is 0 Å². The average molecular weight is 228 g/mol. The molecule has 1 unspecified atom stereocenters. The SMILES string of the molecule is CNC(C)(C)C(=O)N1CCCCC1C(=O)O. The predicted molar refractivity (Wildman–Crippen MR) is 60.1 cm³/mol. The molecule has 1 amide bonds. The van der Waals surface area contributed by atoms with Gasteiger partial charge in [-0.15, -0.1) is 0 Å². The number of carboxylic acids is 1. The molecule has 1 rings (SSSR count). The third-order valence-corrected chi connectivity index (χ3v) is 3.21. The van der Waals surface area contributed by atoms with Gasteiger partial charge in [0.25, 0.3) is 0 Å². The Hall–Kier alpha value is -1.10. The maximum absolute atomic E-state index is 12.2. The first kappa shape index (κ1) is 13.0. The maximum atomic E-state index is 12.2. The van der Waals surface area contributed by atoms with E-state index in [1.165, 1.54) is 4.90 Å². The lowest BCUT2D eigenvalue weighted by Crippen LogP contribution is -2.58. The molecule has 0 radical (unpaired) electrons. The van der Waals surface area contributed by atoms with Gasteiger partial charge in [0.15, 0.2) is 0 Å². The van der Waals surface area contributed by atoms with E-state index in [0.29, 0.717) is 13.0 Å². The second-order valence-corrected chi connectivity index (χ2v) is 4.72. The van der Waals surface area contributed by atoms with Crippen LogP contribution in [0.1, 0.15) is 33.1 Å². The molecular weight excluding hydrogens is 208 g/mol. The van der Waals surface area contributed by atoms with Crippen molar-refractivity contribution in [2.24, 2.45) is 0 Å². The summed E-state index contributed by atoms with van der Waals surface area (Å²) in [6, 6.07) is -0.658. The molecule has 1 fully saturated rings. The van der Waals surface area contributed by atoms with Crippen LogP contribution in [0.3, 0.4) is 0 Å². The third-order valence-electron chi connectivity index (χ3n) is 3.21. The fraction of sp³-hybridized carbons (Fsp3) is 0.818. The van der Waals surface area contributed by atoms with Crippen molar-refractivity contribution in [2.45, 2.75) is 44.7 Å². The number of carbonyl (C=O) groups excluding carboxylic acids is 1. The van der Waals surface area contributed by atoms with Gasteiger partial charge in [-0.2, -0.15) is 0 Å². The van der Waals surface area contributed by atoms with Gasteiger partial charge in [-0.25, -0.2) is 4.79 Å². The van der Waals surface area contributed by atoms with Crippen LogP contribution in [0.15, 0.2) is 0 Å². The number of piperidine rings is 1. The quantitative estimate of drug-likeness (QED) is 0.736. The zero-order chi connectivity index (χ0) is 12.3. The minimum absolute atomic E-state index is 0.137. The Labute approximate surface area is 95.8 Å². The Morgan fingerprint density at radius 1 is 1.38 bits per heavy atom. The maximum Gasteiger partial charge on any atom is 0.326 e. The van der Waals surface area contributed by atoms with Gasteiger partial charge < -0.3 is 15.3 Å². The molecule has 5 heteroatoms. The number of hydrogen-bond acceptors (Lipinski definition) is 3. The van der Waals surface area contributed by atoms with E-state index in [9.17, 15) is 9.59 Å². The molecular formula is C11H20N2O3. The van der Waals surface area contributed by atoms with E-state index >= 15 is 0 Å². The predicted octanol–water partition coefficient (Wildman–Crippen LogP) is 0.450. The number of hydrogen-bond donors (Lipinski definition) is 2. The Balaban J connectivity index is 2.83. The van der Waals surface area contributed by atoms with E-state index in [0.717, 1.165) is 12.8 Å². The molecule has 0 aliphatic carbocycles. The smallest absolute Gasteiger partial charge is 0.326 e. The Kier molecular flexibility index (Phi) is 3.91. The summed E-state index contributed by atoms with van der Waals surface area (Å²) >= 11 is 0. The van der Waals surface area contributed by atoms with Crippen LogP contribution >= 0.6 is 0 Å². The number of carbonyl (C=O) groups is 2. The van der Waals surface area contributed by atoms with Gasteiger partial charge in [-0.05, 0) is 40.2 Å². The van der Waals surface area contributed by atoms with Crippen LogP contribution in [0.4, 0.5) is 0 Å². The Morgan fingerprint density at radius 3 is 2.50 bits per heavy atom. The highest BCUT2D eigenvalue weighted by Crippen LogP contribution is 2.20. The molecule has 5 nitrogen and oxygen atoms in total. The lowest BCUT2D eigenvalue weighted by atomic mass is 9.97. The lowest BCUT2D eigenvalue weighted by Gasteiger charge is -2.38. The van der Waals surface area contributed by atoms with Gasteiger partial charge in [0.1, 0.15) is 6.04 Å². The van der Waals surface area contributed by atoms with Crippen molar-refractivity contribution in [1.82, 2.24) is 10.2 Å². The molecule has 2 N–H and O–H groups in total. The number of rotatable bonds is 3. The molecule has 1 aliphatic heterocycles. The Morgan fingerprint density at radius 2 is 2.00 bits per heavy atom. The molecule has 1 atom stereocenters. The summed E-state index contributed by atoms with van der Waals surface area (Å²) in [6.07, 6.45) is 2.32. The molecule has 1 heterocycles. The largest absolute Gasteiger partial charge is 0.480 e. The van der Waals surface area contributed by atoms with Gasteiger partial charge in [0.05, 0.1) is 5.54 Å². The first-order chi connectivity index (χ1) is 7.40. The van der Waals surface area contributed by atoms with Crippen molar-refractivity contribution in [3.05, 3.63) is 0 Å². The minimum atomic E-state index is -0.903. The number of nitrogens with zero attached hydrogens (tertiary/aromatic N) is 1. The second kappa shape index (κ2) is 4.82. The van der Waals surface area contributed by atoms with E-state index < -0.39 is 17.6 Å². The van der Waals surface area contributed by atoms with Crippen molar-refractivity contribution in [1.29, 1.82) is 0 Å². The average Bonchev–Trinajstić information content (AvgIpc) is 2.28. The highest BCUT2D eigenvalue weighted by molar-refractivity contribution is 5.89. The topological polar surface area (TPSA) is 69.6 Å². The summed E-state index contributed by atoms with van der Waals surface area (Å²) < 4.78 is 0. The first-order valence-corrected chi connectivity index (χ1v) is 5.63. The van der Waals surface area contributed by atoms with Crippen molar-refractivity contribution < 1.29 is 14.7 Å². The molecule has 0 aromatic carbocycles. The van der Waals surface area contributed by atoms with Crippen LogP contribution in [0.2, 0.25) is 0 Å². The van der Waals surface area contributed by atoms with Crippen LogP contribution in [0.25, 0.3) is 0 Å². The molecule has 16 heavy (non-hydrogen) atoms. The number of carboxylic acid groups (broad SMARTS) is 1. The van der Waals surface area contributed by atoms with Gasteiger partial charge in [0, 0.05) is 6.54 Å². The monoisotopic (exact) mass is 228 g/mol. The summed E-state index contributed by atoms with van der Waals surface area (Å²) in [7, 11) is 1.71. The van der Waals surface area contributed by atoms with Crippen LogP contribution in [-0.2, 0) is 9.59 Å². The fourth-order valence-electron chi connectivity index (χ4n) is 1.90. The normalized spacial score (nSPS) is 21.9. The van der Waals surface area contributed by atoms with E-state index in [2.05, 4.69) is 5.32 Å². The molecule has 0 aromatic heterocycles. The molecule has 0 aromatic rings. The summed E-state index contributed by atoms with van der Waals surface area (Å²) in [4.78, 5) is 24.7. The molecule has 1 aliphatic rings. The number of amides is 1. The minimum Gasteiger partial charge on any atom is -0.480 e. The summed E-state index contributed by atoms with van der Waals surface area (Å²) in [5.74, 6) is -1.04. The second-order valence-electron chi connectivity index (χ2n) is 4.72. The number of likely N-dealkylation sites (N-methyl/N-ethyl adjacent to an activating group) is 1. The molecule has 92 valence electrons. The zero-order valence-electron chi connectivity index (χ0n) is 10.1. The number of likely N-dealkylation sites (tertiary alicyclic amines) is 1. The Bertz CT molecular complexity index is 289. The van der Waals surface area contributed by atoms with Gasteiger partial charge in [-0.3, -0.25) is 4.79 Å². The van der Waals surface area contributed by atoms with E-state index in [-0.39, 0.29) is 5.91 Å². The van der Waals surface area contributed by atoms with E-state index in [1.54, 1.807) is 20.9 Å². The fourth-order valence-corrected chi connectivity index (χ4v) is 1.90.